The summed E-state index contributed by atoms with van der Waals surface area (Å²) in [6.07, 6.45) is 1.82. The van der Waals surface area contributed by atoms with Gasteiger partial charge in [-0.2, -0.15) is 0 Å². The van der Waals surface area contributed by atoms with Crippen LogP contribution < -0.4 is 5.32 Å². The van der Waals surface area contributed by atoms with Crippen LogP contribution >= 0.6 is 0 Å². The van der Waals surface area contributed by atoms with Crippen LogP contribution in [0.5, 0.6) is 0 Å². The number of hydrogen-bond donors (Lipinski definition) is 2. The molecule has 0 unspecified atom stereocenters. The number of carbonyl (C=O) groups is 2. The first-order valence-corrected chi connectivity index (χ1v) is 9.69. The normalized spacial score (nSPS) is 22.0. The molecule has 2 N–H and O–H groups in total. The molecule has 1 saturated heterocycles. The predicted octanol–water partition coefficient (Wildman–Crippen LogP) is 2.84. The number of carbonyl (C=O) groups excluding carboxylic acids is 2. The summed E-state index contributed by atoms with van der Waals surface area (Å²) >= 11 is 0. The number of aliphatic hydroxyl groups excluding tert-OH is 1. The minimum Gasteiger partial charge on any atom is -0.457 e. The van der Waals surface area contributed by atoms with Crippen molar-refractivity contribution < 1.29 is 19.4 Å². The molecule has 2 amide bonds. The molecular weight excluding hydrogens is 356 g/mol. The third-order valence-electron chi connectivity index (χ3n) is 6.48. The Labute approximate surface area is 163 Å². The zero-order valence-corrected chi connectivity index (χ0v) is 15.5. The van der Waals surface area contributed by atoms with Crippen LogP contribution in [-0.2, 0) is 23.2 Å². The van der Waals surface area contributed by atoms with Crippen LogP contribution in [0, 0.1) is 0 Å². The molecule has 144 valence electrons. The van der Waals surface area contributed by atoms with Crippen LogP contribution in [-0.4, -0.2) is 41.2 Å². The Morgan fingerprint density at radius 3 is 2.75 bits per heavy atom. The van der Waals surface area contributed by atoms with E-state index in [0.29, 0.717) is 30.8 Å². The number of fused-ring (bicyclic) bond motifs is 3. The van der Waals surface area contributed by atoms with Crippen molar-refractivity contribution in [2.24, 2.45) is 0 Å². The zero-order valence-electron chi connectivity index (χ0n) is 15.5. The summed E-state index contributed by atoms with van der Waals surface area (Å²) in [7, 11) is 0. The van der Waals surface area contributed by atoms with Crippen molar-refractivity contribution in [3.05, 3.63) is 64.7 Å². The molecule has 0 radical (unpaired) electrons. The summed E-state index contributed by atoms with van der Waals surface area (Å²) in [6, 6.07) is 13.3. The van der Waals surface area contributed by atoms with Crippen molar-refractivity contribution in [1.82, 2.24) is 4.90 Å². The summed E-state index contributed by atoms with van der Waals surface area (Å²) < 4.78 is 5.01. The smallest absolute Gasteiger partial charge is 0.338 e. The number of aliphatic hydroxyl groups is 1. The topological polar surface area (TPSA) is 78.9 Å². The highest BCUT2D eigenvalue weighted by atomic mass is 16.5. The fourth-order valence-corrected chi connectivity index (χ4v) is 4.89. The van der Waals surface area contributed by atoms with Gasteiger partial charge in [-0.15, -0.1) is 0 Å². The van der Waals surface area contributed by atoms with Gasteiger partial charge in [0.1, 0.15) is 6.61 Å². The molecule has 6 nitrogen and oxygen atoms in total. The molecule has 28 heavy (non-hydrogen) atoms. The van der Waals surface area contributed by atoms with Gasteiger partial charge in [-0.05, 0) is 48.6 Å². The second-order valence-electron chi connectivity index (χ2n) is 7.90. The molecule has 2 aliphatic heterocycles. The molecule has 0 aromatic heterocycles. The highest BCUT2D eigenvalue weighted by molar-refractivity contribution is 5.95. The SMILES string of the molecule is O=C1OCc2cc(NC(=O)N3CCC4(CC3)c3ccccc3C[C@H]4O)ccc21. The van der Waals surface area contributed by atoms with Gasteiger partial charge in [0.05, 0.1) is 11.7 Å². The van der Waals surface area contributed by atoms with Gasteiger partial charge in [-0.1, -0.05) is 24.3 Å². The van der Waals surface area contributed by atoms with Crippen LogP contribution in [0.2, 0.25) is 0 Å². The molecule has 3 aliphatic rings. The van der Waals surface area contributed by atoms with E-state index < -0.39 is 0 Å². The lowest BCUT2D eigenvalue weighted by atomic mass is 9.72. The number of piperidine rings is 1. The number of cyclic esters (lactones) is 1. The molecule has 1 aliphatic carbocycles. The molecule has 0 saturated carbocycles. The maximum absolute atomic E-state index is 12.7. The second kappa shape index (κ2) is 6.34. The van der Waals surface area contributed by atoms with Gasteiger partial charge in [0.25, 0.3) is 0 Å². The van der Waals surface area contributed by atoms with E-state index in [1.54, 1.807) is 23.1 Å². The number of urea groups is 1. The third kappa shape index (κ3) is 2.59. The number of amides is 2. The van der Waals surface area contributed by atoms with Gasteiger partial charge >= 0.3 is 12.0 Å². The maximum Gasteiger partial charge on any atom is 0.338 e. The molecule has 2 aromatic rings. The van der Waals surface area contributed by atoms with Crippen molar-refractivity contribution in [2.45, 2.75) is 37.4 Å². The van der Waals surface area contributed by atoms with Gasteiger partial charge in [-0.25, -0.2) is 9.59 Å². The van der Waals surface area contributed by atoms with Crippen LogP contribution in [0.4, 0.5) is 10.5 Å². The van der Waals surface area contributed by atoms with E-state index in [1.807, 2.05) is 12.1 Å². The van der Waals surface area contributed by atoms with Crippen LogP contribution in [0.25, 0.3) is 0 Å². The second-order valence-corrected chi connectivity index (χ2v) is 7.90. The van der Waals surface area contributed by atoms with E-state index in [2.05, 4.69) is 17.4 Å². The van der Waals surface area contributed by atoms with Crippen LogP contribution in [0.1, 0.15) is 39.9 Å². The Morgan fingerprint density at radius 1 is 1.14 bits per heavy atom. The first kappa shape index (κ1) is 17.3. The summed E-state index contributed by atoms with van der Waals surface area (Å²) in [5, 5.41) is 13.7. The molecule has 1 atom stereocenters. The first-order chi connectivity index (χ1) is 13.6. The highest BCUT2D eigenvalue weighted by Gasteiger charge is 2.48. The summed E-state index contributed by atoms with van der Waals surface area (Å²) in [5.41, 5.74) is 4.25. The van der Waals surface area contributed by atoms with E-state index in [0.717, 1.165) is 18.4 Å². The lowest BCUT2D eigenvalue weighted by molar-refractivity contribution is 0.0530. The van der Waals surface area contributed by atoms with Gasteiger partial charge < -0.3 is 20.1 Å². The Morgan fingerprint density at radius 2 is 1.93 bits per heavy atom. The van der Waals surface area contributed by atoms with Crippen LogP contribution in [0.15, 0.2) is 42.5 Å². The van der Waals surface area contributed by atoms with Gasteiger partial charge in [-0.3, -0.25) is 0 Å². The third-order valence-corrected chi connectivity index (χ3v) is 6.48. The lowest BCUT2D eigenvalue weighted by Gasteiger charge is -2.42. The number of nitrogens with one attached hydrogen (secondary N) is 1. The molecule has 0 bridgehead atoms. The summed E-state index contributed by atoms with van der Waals surface area (Å²) in [4.78, 5) is 26.1. The monoisotopic (exact) mass is 378 g/mol. The number of likely N-dealkylation sites (tertiary alicyclic amines) is 1. The molecule has 1 spiro atoms. The Hall–Kier alpha value is -2.86. The minimum atomic E-state index is -0.385. The van der Waals surface area contributed by atoms with E-state index in [-0.39, 0.29) is 30.1 Å². The van der Waals surface area contributed by atoms with Crippen molar-refractivity contribution in [3.8, 4) is 0 Å². The van der Waals surface area contributed by atoms with Gasteiger partial charge in [0, 0.05) is 29.8 Å². The fourth-order valence-electron chi connectivity index (χ4n) is 4.89. The average Bonchev–Trinajstić information content (AvgIpc) is 3.20. The lowest BCUT2D eigenvalue weighted by Crippen LogP contribution is -2.50. The number of anilines is 1. The van der Waals surface area contributed by atoms with E-state index in [9.17, 15) is 14.7 Å². The number of ether oxygens (including phenoxy) is 1. The molecule has 5 rings (SSSR count). The Balaban J connectivity index is 1.27. The Kier molecular flexibility index (Phi) is 3.91. The first-order valence-electron chi connectivity index (χ1n) is 9.69. The van der Waals surface area contributed by atoms with Gasteiger partial charge in [0.2, 0.25) is 0 Å². The predicted molar refractivity (Wildman–Crippen MR) is 103 cm³/mol. The van der Waals surface area contributed by atoms with Crippen LogP contribution in [0.3, 0.4) is 0 Å². The van der Waals surface area contributed by atoms with Crippen molar-refractivity contribution in [3.63, 3.8) is 0 Å². The molecule has 1 fully saturated rings. The fraction of sp³-hybridized carbons (Fsp3) is 0.364. The molecule has 2 aromatic carbocycles. The average molecular weight is 378 g/mol. The number of benzene rings is 2. The number of nitrogens with zero attached hydrogens (tertiary/aromatic N) is 1. The standard InChI is InChI=1S/C22H22N2O4/c25-19-12-14-3-1-2-4-18(14)22(19)7-9-24(10-8-22)21(27)23-16-5-6-17-15(11-16)13-28-20(17)26/h1-6,11,19,25H,7-10,12-13H2,(H,23,27)/t19-/m1/s1. The van der Waals surface area contributed by atoms with Gasteiger partial charge in [0.15, 0.2) is 0 Å². The number of esters is 1. The Bertz CT molecular complexity index is 963. The number of hydrogen-bond acceptors (Lipinski definition) is 4. The molecular formula is C22H22N2O4. The van der Waals surface area contributed by atoms with Crippen molar-refractivity contribution in [1.29, 1.82) is 0 Å². The summed E-state index contributed by atoms with van der Waals surface area (Å²) in [6.45, 7) is 1.45. The molecule has 2 heterocycles. The van der Waals surface area contributed by atoms with Crippen molar-refractivity contribution in [2.75, 3.05) is 18.4 Å². The van der Waals surface area contributed by atoms with E-state index in [1.165, 1.54) is 11.1 Å². The van der Waals surface area contributed by atoms with E-state index >= 15 is 0 Å². The van der Waals surface area contributed by atoms with E-state index in [4.69, 9.17) is 4.74 Å². The zero-order chi connectivity index (χ0) is 19.3. The number of rotatable bonds is 1. The van der Waals surface area contributed by atoms with Crippen molar-refractivity contribution >= 4 is 17.7 Å². The quantitative estimate of drug-likeness (QED) is 0.748. The maximum atomic E-state index is 12.7. The summed E-state index contributed by atoms with van der Waals surface area (Å²) in [5.74, 6) is -0.315. The largest absolute Gasteiger partial charge is 0.457 e. The minimum absolute atomic E-state index is 0.152. The highest BCUT2D eigenvalue weighted by Crippen LogP contribution is 2.46. The molecule has 6 heteroatoms.